The minimum Gasteiger partial charge on any atom is -0.325 e. The number of hydrogen-bond acceptors (Lipinski definition) is 6. The Morgan fingerprint density at radius 1 is 0.875 bits per heavy atom. The van der Waals surface area contributed by atoms with Crippen molar-refractivity contribution in [1.29, 1.82) is 0 Å². The summed E-state index contributed by atoms with van der Waals surface area (Å²) >= 11 is 2.36. The number of anilines is 2. The first-order chi connectivity index (χ1) is 15.6. The van der Waals surface area contributed by atoms with E-state index in [-0.39, 0.29) is 17.6 Å². The first-order valence-corrected chi connectivity index (χ1v) is 11.4. The van der Waals surface area contributed by atoms with Gasteiger partial charge in [-0.15, -0.1) is 10.2 Å². The lowest BCUT2D eigenvalue weighted by Crippen LogP contribution is -2.13. The van der Waals surface area contributed by atoms with Crippen LogP contribution in [0.5, 0.6) is 0 Å². The van der Waals surface area contributed by atoms with Crippen molar-refractivity contribution in [3.63, 3.8) is 0 Å². The van der Waals surface area contributed by atoms with Crippen molar-refractivity contribution in [3.8, 4) is 11.1 Å². The van der Waals surface area contributed by atoms with Gasteiger partial charge in [0.2, 0.25) is 11.0 Å². The molecular weight excluding hydrogens is 447 g/mol. The van der Waals surface area contributed by atoms with Gasteiger partial charge in [0.25, 0.3) is 5.91 Å². The normalized spacial score (nSPS) is 10.5. The lowest BCUT2D eigenvalue weighted by Gasteiger charge is -2.04. The van der Waals surface area contributed by atoms with Crippen LogP contribution in [0.15, 0.2) is 83.2 Å². The van der Waals surface area contributed by atoms with Gasteiger partial charge in [-0.05, 0) is 41.5 Å². The number of amides is 2. The summed E-state index contributed by atoms with van der Waals surface area (Å²) in [5, 5.41) is 13.6. The molecular formula is C23H17FN4O2S2. The topological polar surface area (TPSA) is 84.0 Å². The predicted molar refractivity (Wildman–Crippen MR) is 125 cm³/mol. The maximum Gasteiger partial charge on any atom is 0.257 e. The largest absolute Gasteiger partial charge is 0.325 e. The summed E-state index contributed by atoms with van der Waals surface area (Å²) in [7, 11) is 0. The first kappa shape index (κ1) is 21.7. The highest BCUT2D eigenvalue weighted by molar-refractivity contribution is 8.01. The van der Waals surface area contributed by atoms with Crippen LogP contribution in [0.25, 0.3) is 11.1 Å². The lowest BCUT2D eigenvalue weighted by molar-refractivity contribution is -0.113. The maximum absolute atomic E-state index is 13.2. The van der Waals surface area contributed by atoms with Crippen molar-refractivity contribution in [2.45, 2.75) is 4.34 Å². The number of nitrogens with one attached hydrogen (secondary N) is 2. The van der Waals surface area contributed by atoms with Crippen LogP contribution >= 0.6 is 23.1 Å². The van der Waals surface area contributed by atoms with E-state index in [9.17, 15) is 14.0 Å². The molecule has 0 aliphatic carbocycles. The van der Waals surface area contributed by atoms with E-state index in [0.29, 0.717) is 20.7 Å². The van der Waals surface area contributed by atoms with Gasteiger partial charge in [0.05, 0.1) is 5.75 Å². The van der Waals surface area contributed by atoms with Gasteiger partial charge in [-0.25, -0.2) is 4.39 Å². The molecule has 6 nitrogen and oxygen atoms in total. The minimum absolute atomic E-state index is 0.0834. The molecule has 0 unspecified atom stereocenters. The summed E-state index contributed by atoms with van der Waals surface area (Å²) in [6.45, 7) is 0. The van der Waals surface area contributed by atoms with Crippen LogP contribution < -0.4 is 10.6 Å². The average molecular weight is 465 g/mol. The van der Waals surface area contributed by atoms with E-state index in [0.717, 1.165) is 11.1 Å². The molecule has 1 aromatic heterocycles. The highest BCUT2D eigenvalue weighted by Gasteiger charge is 2.12. The fourth-order valence-electron chi connectivity index (χ4n) is 2.82. The summed E-state index contributed by atoms with van der Waals surface area (Å²) < 4.78 is 13.7. The molecule has 0 aliphatic rings. The van der Waals surface area contributed by atoms with E-state index in [1.165, 1.54) is 41.3 Å². The van der Waals surface area contributed by atoms with E-state index in [4.69, 9.17) is 0 Å². The first-order valence-electron chi connectivity index (χ1n) is 9.55. The number of nitrogens with zero attached hydrogens (tertiary/aromatic N) is 2. The molecule has 0 atom stereocenters. The third-order valence-electron chi connectivity index (χ3n) is 4.32. The highest BCUT2D eigenvalue weighted by Crippen LogP contribution is 2.26. The average Bonchev–Trinajstić information content (AvgIpc) is 3.26. The summed E-state index contributed by atoms with van der Waals surface area (Å²) in [4.78, 5) is 24.5. The Hall–Kier alpha value is -3.56. The van der Waals surface area contributed by atoms with Gasteiger partial charge in [-0.3, -0.25) is 14.9 Å². The second kappa shape index (κ2) is 10.2. The van der Waals surface area contributed by atoms with Crippen LogP contribution in [0.4, 0.5) is 15.2 Å². The fraction of sp³-hybridized carbons (Fsp3) is 0.0435. The van der Waals surface area contributed by atoms with Crippen LogP contribution in [-0.2, 0) is 4.79 Å². The van der Waals surface area contributed by atoms with Crippen LogP contribution in [0.3, 0.4) is 0 Å². The molecule has 0 radical (unpaired) electrons. The molecule has 9 heteroatoms. The van der Waals surface area contributed by atoms with Crippen LogP contribution in [0, 0.1) is 5.82 Å². The Morgan fingerprint density at radius 2 is 1.62 bits per heavy atom. The molecule has 0 aliphatic heterocycles. The Labute approximate surface area is 191 Å². The number of carbonyl (C=O) groups excluding carboxylic acids is 2. The van der Waals surface area contributed by atoms with Crippen molar-refractivity contribution < 1.29 is 14.0 Å². The molecule has 0 saturated carbocycles. The number of carbonyl (C=O) groups is 2. The Bertz CT molecular complexity index is 1230. The third kappa shape index (κ3) is 5.77. The van der Waals surface area contributed by atoms with E-state index in [1.807, 2.05) is 42.5 Å². The van der Waals surface area contributed by atoms with E-state index < -0.39 is 5.82 Å². The highest BCUT2D eigenvalue weighted by atomic mass is 32.2. The summed E-state index contributed by atoms with van der Waals surface area (Å²) in [5.74, 6) is -0.921. The van der Waals surface area contributed by atoms with Gasteiger partial charge in [-0.1, -0.05) is 71.6 Å². The number of aromatic nitrogens is 2. The number of hydrogen-bond donors (Lipinski definition) is 2. The molecule has 0 saturated heterocycles. The fourth-order valence-corrected chi connectivity index (χ4v) is 4.37. The molecule has 0 bridgehead atoms. The second-order valence-electron chi connectivity index (χ2n) is 6.62. The molecule has 0 spiro atoms. The van der Waals surface area contributed by atoms with Gasteiger partial charge in [-0.2, -0.15) is 0 Å². The van der Waals surface area contributed by atoms with Gasteiger partial charge in [0.1, 0.15) is 5.82 Å². The smallest absolute Gasteiger partial charge is 0.257 e. The zero-order chi connectivity index (χ0) is 22.3. The minimum atomic E-state index is -0.422. The number of halogens is 1. The van der Waals surface area contributed by atoms with Crippen molar-refractivity contribution in [3.05, 3.63) is 90.2 Å². The molecule has 160 valence electrons. The Balaban J connectivity index is 1.30. The van der Waals surface area contributed by atoms with Crippen LogP contribution in [0.2, 0.25) is 0 Å². The standard InChI is InChI=1S/C23H17FN4O2S2/c24-18-7-4-8-19(13-18)25-20(29)14-31-23-28-27-22(32-23)26-21(30)17-11-9-16(10-12-17)15-5-2-1-3-6-15/h1-13H,14H2,(H,25,29)(H,26,27,30). The number of rotatable bonds is 7. The van der Waals surface area contributed by atoms with Gasteiger partial charge >= 0.3 is 0 Å². The SMILES string of the molecule is O=C(CSc1nnc(NC(=O)c2ccc(-c3ccccc3)cc2)s1)Nc1cccc(F)c1. The van der Waals surface area contributed by atoms with Crippen molar-refractivity contribution in [2.24, 2.45) is 0 Å². The Kier molecular flexibility index (Phi) is 6.88. The van der Waals surface area contributed by atoms with Gasteiger partial charge in [0.15, 0.2) is 4.34 Å². The van der Waals surface area contributed by atoms with E-state index in [1.54, 1.807) is 18.2 Å². The second-order valence-corrected chi connectivity index (χ2v) is 8.82. The molecule has 32 heavy (non-hydrogen) atoms. The lowest BCUT2D eigenvalue weighted by atomic mass is 10.0. The van der Waals surface area contributed by atoms with E-state index >= 15 is 0 Å². The van der Waals surface area contributed by atoms with Crippen molar-refractivity contribution in [1.82, 2.24) is 10.2 Å². The quantitative estimate of drug-likeness (QED) is 0.285. The molecule has 3 aromatic carbocycles. The molecule has 2 amide bonds. The number of thioether (sulfide) groups is 1. The maximum atomic E-state index is 13.2. The van der Waals surface area contributed by atoms with E-state index in [2.05, 4.69) is 20.8 Å². The zero-order valence-electron chi connectivity index (χ0n) is 16.6. The Morgan fingerprint density at radius 3 is 2.38 bits per heavy atom. The van der Waals surface area contributed by atoms with Crippen molar-refractivity contribution >= 4 is 45.7 Å². The molecule has 0 fully saturated rings. The van der Waals surface area contributed by atoms with Gasteiger partial charge in [0, 0.05) is 11.3 Å². The van der Waals surface area contributed by atoms with Gasteiger partial charge < -0.3 is 5.32 Å². The molecule has 4 aromatic rings. The molecule has 4 rings (SSSR count). The zero-order valence-corrected chi connectivity index (χ0v) is 18.3. The monoisotopic (exact) mass is 464 g/mol. The molecule has 2 N–H and O–H groups in total. The predicted octanol–water partition coefficient (Wildman–Crippen LogP) is 5.33. The summed E-state index contributed by atoms with van der Waals surface area (Å²) in [6.07, 6.45) is 0. The molecule has 1 heterocycles. The van der Waals surface area contributed by atoms with Crippen LogP contribution in [0.1, 0.15) is 10.4 Å². The van der Waals surface area contributed by atoms with Crippen LogP contribution in [-0.4, -0.2) is 27.8 Å². The number of benzene rings is 3. The van der Waals surface area contributed by atoms with Crippen molar-refractivity contribution in [2.75, 3.05) is 16.4 Å². The summed E-state index contributed by atoms with van der Waals surface area (Å²) in [5.41, 5.74) is 2.99. The summed E-state index contributed by atoms with van der Waals surface area (Å²) in [6, 6.07) is 22.9. The third-order valence-corrected chi connectivity index (χ3v) is 6.29.